The van der Waals surface area contributed by atoms with Gasteiger partial charge in [0.15, 0.2) is 0 Å². The average Bonchev–Trinajstić information content (AvgIpc) is 2.66. The second-order valence-corrected chi connectivity index (χ2v) is 8.87. The van der Waals surface area contributed by atoms with Gasteiger partial charge in [-0.25, -0.2) is 8.42 Å². The van der Waals surface area contributed by atoms with Crippen LogP contribution in [0, 0.1) is 0 Å². The van der Waals surface area contributed by atoms with Crippen molar-refractivity contribution in [2.75, 3.05) is 23.7 Å². The van der Waals surface area contributed by atoms with Crippen molar-refractivity contribution in [1.82, 2.24) is 0 Å². The SMILES string of the molecule is COc1c(Br)cc(N2CCCS2(=O)=O)cc1C(C)(C)C. The fourth-order valence-corrected chi connectivity index (χ4v) is 4.58. The van der Waals surface area contributed by atoms with E-state index in [4.69, 9.17) is 4.74 Å². The Bertz CT molecular complexity index is 620. The molecule has 2 rings (SSSR count). The van der Waals surface area contributed by atoms with Gasteiger partial charge in [0.25, 0.3) is 0 Å². The fourth-order valence-electron chi connectivity index (χ4n) is 2.42. The topological polar surface area (TPSA) is 46.6 Å². The van der Waals surface area contributed by atoms with Crippen LogP contribution in [0.25, 0.3) is 0 Å². The number of halogens is 1. The number of nitrogens with zero attached hydrogens (tertiary/aromatic N) is 1. The molecule has 0 aromatic heterocycles. The van der Waals surface area contributed by atoms with E-state index in [2.05, 4.69) is 36.7 Å². The third-order valence-electron chi connectivity index (χ3n) is 3.43. The number of benzene rings is 1. The lowest BCUT2D eigenvalue weighted by Crippen LogP contribution is -2.26. The predicted molar refractivity (Wildman–Crippen MR) is 85.1 cm³/mol. The lowest BCUT2D eigenvalue weighted by Gasteiger charge is -2.26. The summed E-state index contributed by atoms with van der Waals surface area (Å²) in [6.07, 6.45) is 0.677. The van der Waals surface area contributed by atoms with Crippen molar-refractivity contribution >= 4 is 31.6 Å². The molecule has 0 bridgehead atoms. The van der Waals surface area contributed by atoms with Gasteiger partial charge in [0.2, 0.25) is 10.0 Å². The van der Waals surface area contributed by atoms with E-state index < -0.39 is 10.0 Å². The third kappa shape index (κ3) is 2.81. The highest BCUT2D eigenvalue weighted by atomic mass is 79.9. The van der Waals surface area contributed by atoms with Gasteiger partial charge >= 0.3 is 0 Å². The summed E-state index contributed by atoms with van der Waals surface area (Å²) >= 11 is 3.49. The van der Waals surface area contributed by atoms with Crippen molar-refractivity contribution in [2.24, 2.45) is 0 Å². The Hall–Kier alpha value is -0.750. The molecule has 0 atom stereocenters. The molecule has 112 valence electrons. The molecule has 1 heterocycles. The number of ether oxygens (including phenoxy) is 1. The number of methoxy groups -OCH3 is 1. The van der Waals surface area contributed by atoms with E-state index in [9.17, 15) is 8.42 Å². The van der Waals surface area contributed by atoms with Crippen LogP contribution >= 0.6 is 15.9 Å². The average molecular weight is 362 g/mol. The van der Waals surface area contributed by atoms with Gasteiger partial charge in [0.05, 0.1) is 23.0 Å². The van der Waals surface area contributed by atoms with Gasteiger partial charge < -0.3 is 4.74 Å². The molecule has 4 nitrogen and oxygen atoms in total. The second kappa shape index (κ2) is 5.22. The first-order valence-electron chi connectivity index (χ1n) is 6.55. The standard InChI is InChI=1S/C14H20BrNO3S/c1-14(2,3)11-8-10(9-12(15)13(11)19-4)16-6-5-7-20(16,17)18/h8-9H,5-7H2,1-4H3. The highest BCUT2D eigenvalue weighted by Crippen LogP contribution is 2.41. The summed E-state index contributed by atoms with van der Waals surface area (Å²) in [6.45, 7) is 6.79. The monoisotopic (exact) mass is 361 g/mol. The zero-order valence-electron chi connectivity index (χ0n) is 12.2. The summed E-state index contributed by atoms with van der Waals surface area (Å²) in [6, 6.07) is 3.74. The lowest BCUT2D eigenvalue weighted by molar-refractivity contribution is 0.395. The molecule has 1 aliphatic rings. The van der Waals surface area contributed by atoms with E-state index in [1.165, 1.54) is 4.31 Å². The van der Waals surface area contributed by atoms with Gasteiger partial charge in [-0.1, -0.05) is 20.8 Å². The van der Waals surface area contributed by atoms with Crippen LogP contribution in [0.1, 0.15) is 32.8 Å². The summed E-state index contributed by atoms with van der Waals surface area (Å²) in [5, 5.41) is 0. The molecule has 1 aromatic carbocycles. The van der Waals surface area contributed by atoms with Crippen LogP contribution in [0.5, 0.6) is 5.75 Å². The van der Waals surface area contributed by atoms with Gasteiger partial charge in [-0.2, -0.15) is 0 Å². The quantitative estimate of drug-likeness (QED) is 0.811. The van der Waals surface area contributed by atoms with Gasteiger partial charge in [-0.15, -0.1) is 0 Å². The predicted octanol–water partition coefficient (Wildman–Crippen LogP) is 3.30. The second-order valence-electron chi connectivity index (χ2n) is 6.00. The van der Waals surface area contributed by atoms with Crippen molar-refractivity contribution in [3.63, 3.8) is 0 Å². The first-order valence-corrected chi connectivity index (χ1v) is 8.95. The van der Waals surface area contributed by atoms with Crippen LogP contribution in [-0.2, 0) is 15.4 Å². The maximum Gasteiger partial charge on any atom is 0.235 e. The number of sulfonamides is 1. The highest BCUT2D eigenvalue weighted by Gasteiger charge is 2.31. The summed E-state index contributed by atoms with van der Waals surface area (Å²) in [7, 11) is -1.54. The van der Waals surface area contributed by atoms with Crippen molar-refractivity contribution < 1.29 is 13.2 Å². The smallest absolute Gasteiger partial charge is 0.235 e. The van der Waals surface area contributed by atoms with E-state index in [1.807, 2.05) is 12.1 Å². The van der Waals surface area contributed by atoms with Crippen molar-refractivity contribution in [3.8, 4) is 5.75 Å². The highest BCUT2D eigenvalue weighted by molar-refractivity contribution is 9.10. The molecule has 0 spiro atoms. The minimum atomic E-state index is -3.17. The van der Waals surface area contributed by atoms with Crippen LogP contribution in [0.3, 0.4) is 0 Å². The summed E-state index contributed by atoms with van der Waals surface area (Å²) in [5.41, 5.74) is 1.57. The molecule has 1 aliphatic heterocycles. The Balaban J connectivity index is 2.60. The number of rotatable bonds is 2. The van der Waals surface area contributed by atoms with E-state index >= 15 is 0 Å². The largest absolute Gasteiger partial charge is 0.495 e. The Morgan fingerprint density at radius 2 is 1.95 bits per heavy atom. The van der Waals surface area contributed by atoms with E-state index in [0.717, 1.165) is 15.8 Å². The van der Waals surface area contributed by atoms with Gasteiger partial charge in [-0.05, 0) is 39.9 Å². The molecule has 0 N–H and O–H groups in total. The molecule has 1 fully saturated rings. The molecule has 6 heteroatoms. The molecular formula is C14H20BrNO3S. The van der Waals surface area contributed by atoms with E-state index in [-0.39, 0.29) is 11.2 Å². The molecule has 0 amide bonds. The number of hydrogen-bond donors (Lipinski definition) is 0. The minimum Gasteiger partial charge on any atom is -0.495 e. The molecule has 0 radical (unpaired) electrons. The summed E-state index contributed by atoms with van der Waals surface area (Å²) in [5.74, 6) is 0.986. The molecule has 1 aromatic rings. The molecule has 1 saturated heterocycles. The zero-order chi connectivity index (χ0) is 15.1. The molecular weight excluding hydrogens is 342 g/mol. The van der Waals surface area contributed by atoms with Crippen molar-refractivity contribution in [2.45, 2.75) is 32.6 Å². The van der Waals surface area contributed by atoms with Crippen molar-refractivity contribution in [1.29, 1.82) is 0 Å². The van der Waals surface area contributed by atoms with Gasteiger partial charge in [0, 0.05) is 12.1 Å². The van der Waals surface area contributed by atoms with Gasteiger partial charge in [-0.3, -0.25) is 4.31 Å². The van der Waals surface area contributed by atoms with Crippen LogP contribution < -0.4 is 9.04 Å². The van der Waals surface area contributed by atoms with Crippen LogP contribution in [0.2, 0.25) is 0 Å². The summed E-state index contributed by atoms with van der Waals surface area (Å²) < 4.78 is 31.9. The van der Waals surface area contributed by atoms with Crippen LogP contribution in [0.15, 0.2) is 16.6 Å². The van der Waals surface area contributed by atoms with Crippen molar-refractivity contribution in [3.05, 3.63) is 22.2 Å². The number of hydrogen-bond acceptors (Lipinski definition) is 3. The minimum absolute atomic E-state index is 0.132. The van der Waals surface area contributed by atoms with Crippen LogP contribution in [-0.4, -0.2) is 27.8 Å². The Labute approximate surface area is 129 Å². The fraction of sp³-hybridized carbons (Fsp3) is 0.571. The van der Waals surface area contributed by atoms with E-state index in [1.54, 1.807) is 7.11 Å². The number of anilines is 1. The lowest BCUT2D eigenvalue weighted by atomic mass is 9.86. The molecule has 20 heavy (non-hydrogen) atoms. The maximum atomic E-state index is 12.1. The Morgan fingerprint density at radius 1 is 1.30 bits per heavy atom. The molecule has 0 aliphatic carbocycles. The molecule has 0 unspecified atom stereocenters. The van der Waals surface area contributed by atoms with Crippen LogP contribution in [0.4, 0.5) is 5.69 Å². The Morgan fingerprint density at radius 3 is 2.40 bits per heavy atom. The molecule has 0 saturated carbocycles. The third-order valence-corrected chi connectivity index (χ3v) is 5.89. The zero-order valence-corrected chi connectivity index (χ0v) is 14.6. The Kier molecular flexibility index (Phi) is 4.08. The normalized spacial score (nSPS) is 18.4. The maximum absolute atomic E-state index is 12.1. The van der Waals surface area contributed by atoms with E-state index in [0.29, 0.717) is 18.7 Å². The summed E-state index contributed by atoms with van der Waals surface area (Å²) in [4.78, 5) is 0. The first-order chi connectivity index (χ1) is 9.16. The first kappa shape index (κ1) is 15.6. The van der Waals surface area contributed by atoms with Gasteiger partial charge in [0.1, 0.15) is 5.75 Å².